The lowest BCUT2D eigenvalue weighted by molar-refractivity contribution is -0.182. The standard InChI is InChI=1S/C19H28FN3O6/c1-6-19(9-27-16(24)10(2)3)13(28-17(25)11(4)5)7-14(29-19)23-8-12(20)15(21)22-18(23)26/h8,10-11,13-14H,6-7,9H2,1-5H3,(H2,21,22,26)/t13-,14+,19+/m0/s1. The summed E-state index contributed by atoms with van der Waals surface area (Å²) in [6, 6.07) is 0. The van der Waals surface area contributed by atoms with Crippen LogP contribution in [0.2, 0.25) is 0 Å². The quantitative estimate of drug-likeness (QED) is 0.671. The maximum absolute atomic E-state index is 13.9. The molecule has 0 aromatic carbocycles. The number of nitrogens with two attached hydrogens (primary N) is 1. The van der Waals surface area contributed by atoms with E-state index in [1.807, 2.05) is 0 Å². The third kappa shape index (κ3) is 4.92. The van der Waals surface area contributed by atoms with E-state index >= 15 is 0 Å². The normalized spacial score (nSPS) is 24.1. The van der Waals surface area contributed by atoms with Crippen LogP contribution in [0.5, 0.6) is 0 Å². The van der Waals surface area contributed by atoms with Gasteiger partial charge in [-0.05, 0) is 6.42 Å². The maximum atomic E-state index is 13.9. The minimum absolute atomic E-state index is 0.0659. The lowest BCUT2D eigenvalue weighted by Crippen LogP contribution is -2.47. The topological polar surface area (TPSA) is 123 Å². The highest BCUT2D eigenvalue weighted by Crippen LogP contribution is 2.41. The predicted molar refractivity (Wildman–Crippen MR) is 101 cm³/mol. The Balaban J connectivity index is 2.37. The molecule has 29 heavy (non-hydrogen) atoms. The Morgan fingerprint density at radius 1 is 1.34 bits per heavy atom. The number of halogens is 1. The van der Waals surface area contributed by atoms with E-state index in [1.54, 1.807) is 34.6 Å². The molecule has 1 fully saturated rings. The summed E-state index contributed by atoms with van der Waals surface area (Å²) in [5.74, 6) is -3.02. The first-order chi connectivity index (χ1) is 13.5. The van der Waals surface area contributed by atoms with Crippen LogP contribution in [-0.2, 0) is 23.8 Å². The molecule has 0 saturated carbocycles. The molecule has 1 aromatic heterocycles. The molecule has 1 aromatic rings. The molecule has 0 bridgehead atoms. The van der Waals surface area contributed by atoms with Crippen molar-refractivity contribution in [3.63, 3.8) is 0 Å². The first kappa shape index (κ1) is 22.8. The van der Waals surface area contributed by atoms with Gasteiger partial charge in [-0.3, -0.25) is 14.2 Å². The molecule has 1 aliphatic heterocycles. The third-order valence-corrected chi connectivity index (χ3v) is 4.88. The van der Waals surface area contributed by atoms with Crippen LogP contribution in [0.3, 0.4) is 0 Å². The highest BCUT2D eigenvalue weighted by molar-refractivity contribution is 5.72. The molecule has 2 heterocycles. The Kier molecular flexibility index (Phi) is 6.99. The summed E-state index contributed by atoms with van der Waals surface area (Å²) in [5.41, 5.74) is 3.36. The molecule has 0 spiro atoms. The number of rotatable bonds is 7. The number of nitrogens with zero attached hydrogens (tertiary/aromatic N) is 2. The van der Waals surface area contributed by atoms with E-state index in [2.05, 4.69) is 4.98 Å². The number of aromatic nitrogens is 2. The number of hydrogen-bond acceptors (Lipinski definition) is 8. The van der Waals surface area contributed by atoms with E-state index in [9.17, 15) is 18.8 Å². The molecule has 3 atom stereocenters. The number of nitrogen functional groups attached to an aromatic ring is 1. The third-order valence-electron chi connectivity index (χ3n) is 4.88. The van der Waals surface area contributed by atoms with Crippen LogP contribution in [0, 0.1) is 17.7 Å². The van der Waals surface area contributed by atoms with E-state index < -0.39 is 47.2 Å². The number of carbonyl (C=O) groups is 2. The smallest absolute Gasteiger partial charge is 0.351 e. The van der Waals surface area contributed by atoms with Crippen LogP contribution in [0.25, 0.3) is 0 Å². The van der Waals surface area contributed by atoms with Crippen molar-refractivity contribution in [2.24, 2.45) is 11.8 Å². The molecule has 0 aliphatic carbocycles. The average Bonchev–Trinajstić information content (AvgIpc) is 3.01. The average molecular weight is 413 g/mol. The molecule has 0 amide bonds. The summed E-state index contributed by atoms with van der Waals surface area (Å²) in [7, 11) is 0. The second kappa shape index (κ2) is 8.89. The maximum Gasteiger partial charge on any atom is 0.351 e. The van der Waals surface area contributed by atoms with Gasteiger partial charge < -0.3 is 19.9 Å². The molecular weight excluding hydrogens is 385 g/mol. The van der Waals surface area contributed by atoms with Crippen molar-refractivity contribution in [2.45, 2.75) is 65.4 Å². The monoisotopic (exact) mass is 413 g/mol. The Morgan fingerprint density at radius 3 is 2.52 bits per heavy atom. The molecule has 0 radical (unpaired) electrons. The highest BCUT2D eigenvalue weighted by Gasteiger charge is 2.52. The zero-order valence-corrected chi connectivity index (χ0v) is 17.3. The van der Waals surface area contributed by atoms with Crippen molar-refractivity contribution in [3.05, 3.63) is 22.5 Å². The van der Waals surface area contributed by atoms with Crippen molar-refractivity contribution in [2.75, 3.05) is 12.3 Å². The van der Waals surface area contributed by atoms with Crippen LogP contribution >= 0.6 is 0 Å². The van der Waals surface area contributed by atoms with Crippen molar-refractivity contribution in [3.8, 4) is 0 Å². The van der Waals surface area contributed by atoms with Crippen LogP contribution < -0.4 is 11.4 Å². The lowest BCUT2D eigenvalue weighted by Gasteiger charge is -2.33. The predicted octanol–water partition coefficient (Wildman–Crippen LogP) is 1.80. The van der Waals surface area contributed by atoms with Gasteiger partial charge in [-0.25, -0.2) is 9.18 Å². The van der Waals surface area contributed by atoms with E-state index in [1.165, 1.54) is 0 Å². The number of carbonyl (C=O) groups excluding carboxylic acids is 2. The molecular formula is C19H28FN3O6. The van der Waals surface area contributed by atoms with E-state index in [4.69, 9.17) is 19.9 Å². The summed E-state index contributed by atoms with van der Waals surface area (Å²) < 4.78 is 31.9. The fourth-order valence-electron chi connectivity index (χ4n) is 2.96. The van der Waals surface area contributed by atoms with Gasteiger partial charge >= 0.3 is 17.6 Å². The van der Waals surface area contributed by atoms with Crippen molar-refractivity contribution in [1.82, 2.24) is 9.55 Å². The van der Waals surface area contributed by atoms with Crippen molar-refractivity contribution >= 4 is 17.8 Å². The lowest BCUT2D eigenvalue weighted by atomic mass is 9.94. The second-order valence-electron chi connectivity index (χ2n) is 7.73. The van der Waals surface area contributed by atoms with Gasteiger partial charge in [0.05, 0.1) is 18.0 Å². The zero-order valence-electron chi connectivity index (χ0n) is 17.3. The molecule has 1 saturated heterocycles. The van der Waals surface area contributed by atoms with E-state index in [0.29, 0.717) is 6.42 Å². The molecule has 2 N–H and O–H groups in total. The first-order valence-electron chi connectivity index (χ1n) is 9.59. The van der Waals surface area contributed by atoms with Crippen LogP contribution in [0.4, 0.5) is 10.2 Å². The van der Waals surface area contributed by atoms with Gasteiger partial charge in [0, 0.05) is 6.42 Å². The Morgan fingerprint density at radius 2 is 1.97 bits per heavy atom. The second-order valence-corrected chi connectivity index (χ2v) is 7.73. The first-order valence-corrected chi connectivity index (χ1v) is 9.59. The summed E-state index contributed by atoms with van der Waals surface area (Å²) in [6.07, 6.45) is -0.476. The number of anilines is 1. The molecule has 10 heteroatoms. The Bertz CT molecular complexity index is 825. The summed E-state index contributed by atoms with van der Waals surface area (Å²) in [5, 5.41) is 0. The van der Waals surface area contributed by atoms with Crippen LogP contribution in [0.15, 0.2) is 11.0 Å². The number of hydrogen-bond donors (Lipinski definition) is 1. The molecule has 9 nitrogen and oxygen atoms in total. The minimum atomic E-state index is -1.18. The molecule has 2 rings (SSSR count). The SMILES string of the molecule is CC[C@]1(COC(=O)C(C)C)O[C@@H](n2cc(F)c(N)nc2=O)C[C@@H]1OC(=O)C(C)C. The van der Waals surface area contributed by atoms with Crippen LogP contribution in [0.1, 0.15) is 53.7 Å². The molecule has 1 aliphatic rings. The van der Waals surface area contributed by atoms with Gasteiger partial charge in [0.15, 0.2) is 11.6 Å². The van der Waals surface area contributed by atoms with Crippen molar-refractivity contribution in [1.29, 1.82) is 0 Å². The van der Waals surface area contributed by atoms with Gasteiger partial charge in [0.2, 0.25) is 0 Å². The number of ether oxygens (including phenoxy) is 3. The fourth-order valence-corrected chi connectivity index (χ4v) is 2.96. The Labute approximate surface area is 168 Å². The fraction of sp³-hybridized carbons (Fsp3) is 0.684. The Hall–Kier alpha value is -2.49. The van der Waals surface area contributed by atoms with Gasteiger partial charge in [-0.15, -0.1) is 0 Å². The van der Waals surface area contributed by atoms with Crippen molar-refractivity contribution < 1.29 is 28.2 Å². The van der Waals surface area contributed by atoms with Gasteiger partial charge in [-0.2, -0.15) is 4.98 Å². The van der Waals surface area contributed by atoms with E-state index in [0.717, 1.165) is 10.8 Å². The minimum Gasteiger partial charge on any atom is -0.462 e. The summed E-state index contributed by atoms with van der Waals surface area (Å²) in [4.78, 5) is 39.8. The zero-order chi connectivity index (χ0) is 21.9. The van der Waals surface area contributed by atoms with E-state index in [-0.39, 0.29) is 24.9 Å². The summed E-state index contributed by atoms with van der Waals surface area (Å²) >= 11 is 0. The van der Waals surface area contributed by atoms with Gasteiger partial charge in [0.1, 0.15) is 24.5 Å². The number of esters is 2. The highest BCUT2D eigenvalue weighted by atomic mass is 19.1. The van der Waals surface area contributed by atoms with Crippen LogP contribution in [-0.4, -0.2) is 39.8 Å². The van der Waals surface area contributed by atoms with Gasteiger partial charge in [0.25, 0.3) is 0 Å². The summed E-state index contributed by atoms with van der Waals surface area (Å²) in [6.45, 7) is 8.37. The van der Waals surface area contributed by atoms with Gasteiger partial charge in [-0.1, -0.05) is 34.6 Å². The molecule has 162 valence electrons. The molecule has 0 unspecified atom stereocenters. The largest absolute Gasteiger partial charge is 0.462 e.